The maximum absolute atomic E-state index is 12.3. The summed E-state index contributed by atoms with van der Waals surface area (Å²) in [6.07, 6.45) is 1.32. The van der Waals surface area contributed by atoms with E-state index in [1.54, 1.807) is 30.3 Å². The van der Waals surface area contributed by atoms with Crippen molar-refractivity contribution in [2.45, 2.75) is 0 Å². The summed E-state index contributed by atoms with van der Waals surface area (Å²) in [5, 5.41) is 15.3. The van der Waals surface area contributed by atoms with Crippen LogP contribution in [-0.4, -0.2) is 24.2 Å². The zero-order valence-corrected chi connectivity index (χ0v) is 15.3. The highest BCUT2D eigenvalue weighted by Crippen LogP contribution is 2.25. The summed E-state index contributed by atoms with van der Waals surface area (Å²) < 4.78 is 10.7. The summed E-state index contributed by atoms with van der Waals surface area (Å²) in [4.78, 5) is 22.6. The number of hydrogen-bond donors (Lipinski definition) is 1. The van der Waals surface area contributed by atoms with E-state index in [2.05, 4.69) is 10.5 Å². The first-order chi connectivity index (χ1) is 13.5. The molecule has 9 heteroatoms. The van der Waals surface area contributed by atoms with Crippen molar-refractivity contribution < 1.29 is 18.9 Å². The van der Waals surface area contributed by atoms with Crippen LogP contribution in [0.2, 0.25) is 5.02 Å². The fourth-order valence-electron chi connectivity index (χ4n) is 2.42. The molecule has 28 heavy (non-hydrogen) atoms. The van der Waals surface area contributed by atoms with Crippen LogP contribution in [0.25, 0.3) is 11.3 Å². The van der Waals surface area contributed by atoms with Crippen molar-refractivity contribution in [2.75, 3.05) is 7.11 Å². The molecule has 0 spiro atoms. The molecule has 0 radical (unpaired) electrons. The average molecular weight is 400 g/mol. The van der Waals surface area contributed by atoms with Crippen LogP contribution in [0, 0.1) is 10.1 Å². The van der Waals surface area contributed by atoms with Crippen molar-refractivity contribution in [2.24, 2.45) is 5.10 Å². The summed E-state index contributed by atoms with van der Waals surface area (Å²) in [6, 6.07) is 14.3. The molecule has 3 aromatic rings. The van der Waals surface area contributed by atoms with Gasteiger partial charge in [-0.25, -0.2) is 5.43 Å². The third-order valence-corrected chi connectivity index (χ3v) is 3.97. The van der Waals surface area contributed by atoms with Crippen LogP contribution < -0.4 is 10.2 Å². The number of carbonyl (C=O) groups is 1. The molecule has 0 saturated heterocycles. The summed E-state index contributed by atoms with van der Waals surface area (Å²) in [7, 11) is 1.36. The van der Waals surface area contributed by atoms with Gasteiger partial charge in [0.25, 0.3) is 11.6 Å². The van der Waals surface area contributed by atoms with Crippen LogP contribution in [0.1, 0.15) is 16.1 Å². The van der Waals surface area contributed by atoms with Gasteiger partial charge >= 0.3 is 0 Å². The molecule has 3 rings (SSSR count). The lowest BCUT2D eigenvalue weighted by atomic mass is 10.1. The number of non-ortho nitro benzene ring substituents is 1. The van der Waals surface area contributed by atoms with Crippen molar-refractivity contribution in [3.8, 4) is 17.1 Å². The number of nitro groups is 1. The molecule has 0 unspecified atom stereocenters. The van der Waals surface area contributed by atoms with Crippen molar-refractivity contribution in [3.63, 3.8) is 0 Å². The Morgan fingerprint density at radius 1 is 1.25 bits per heavy atom. The Hall–Kier alpha value is -3.65. The lowest BCUT2D eigenvalue weighted by molar-refractivity contribution is -0.384. The highest BCUT2D eigenvalue weighted by atomic mass is 35.5. The number of hydrogen-bond acceptors (Lipinski definition) is 6. The molecule has 1 N–H and O–H groups in total. The Kier molecular flexibility index (Phi) is 5.71. The molecule has 1 amide bonds. The predicted molar refractivity (Wildman–Crippen MR) is 104 cm³/mol. The van der Waals surface area contributed by atoms with E-state index < -0.39 is 10.8 Å². The maximum atomic E-state index is 12.3. The van der Waals surface area contributed by atoms with Crippen molar-refractivity contribution in [1.29, 1.82) is 0 Å². The molecule has 0 fully saturated rings. The van der Waals surface area contributed by atoms with E-state index >= 15 is 0 Å². The van der Waals surface area contributed by atoms with Gasteiger partial charge in [-0.05, 0) is 30.3 Å². The van der Waals surface area contributed by atoms with Gasteiger partial charge in [-0.1, -0.05) is 23.7 Å². The van der Waals surface area contributed by atoms with E-state index in [0.717, 1.165) is 11.6 Å². The van der Waals surface area contributed by atoms with Gasteiger partial charge in [-0.15, -0.1) is 0 Å². The number of amides is 1. The van der Waals surface area contributed by atoms with Gasteiger partial charge in [-0.3, -0.25) is 14.9 Å². The highest BCUT2D eigenvalue weighted by molar-refractivity contribution is 6.30. The van der Waals surface area contributed by atoms with Gasteiger partial charge in [0.15, 0.2) is 0 Å². The number of hydrazone groups is 1. The first kappa shape index (κ1) is 19.1. The van der Waals surface area contributed by atoms with Crippen molar-refractivity contribution in [1.82, 2.24) is 5.43 Å². The summed E-state index contributed by atoms with van der Waals surface area (Å²) >= 11 is 5.97. The van der Waals surface area contributed by atoms with Crippen molar-refractivity contribution in [3.05, 3.63) is 81.1 Å². The minimum atomic E-state index is -0.654. The van der Waals surface area contributed by atoms with Gasteiger partial charge in [0.1, 0.15) is 17.3 Å². The number of nitro benzene ring substituents is 1. The van der Waals surface area contributed by atoms with Crippen LogP contribution in [0.4, 0.5) is 5.69 Å². The zero-order valence-electron chi connectivity index (χ0n) is 14.6. The van der Waals surface area contributed by atoms with E-state index in [4.69, 9.17) is 20.8 Å². The molecule has 0 saturated carbocycles. The van der Waals surface area contributed by atoms with E-state index in [1.807, 2.05) is 6.07 Å². The van der Waals surface area contributed by atoms with Crippen LogP contribution in [0.3, 0.4) is 0 Å². The third-order valence-electron chi connectivity index (χ3n) is 3.73. The van der Waals surface area contributed by atoms with Gasteiger partial charge in [0.05, 0.1) is 23.8 Å². The molecule has 0 aliphatic carbocycles. The summed E-state index contributed by atoms with van der Waals surface area (Å²) in [5.41, 5.74) is 2.86. The van der Waals surface area contributed by atoms with Gasteiger partial charge < -0.3 is 9.15 Å². The number of methoxy groups -OCH3 is 1. The van der Waals surface area contributed by atoms with Crippen LogP contribution in [0.5, 0.6) is 5.75 Å². The Balaban J connectivity index is 1.72. The molecule has 2 aromatic carbocycles. The fraction of sp³-hybridized carbons (Fsp3) is 0.0526. The molecule has 142 valence electrons. The average Bonchev–Trinajstić information content (AvgIpc) is 3.16. The molecule has 0 aliphatic rings. The number of rotatable bonds is 6. The Morgan fingerprint density at radius 3 is 2.79 bits per heavy atom. The Bertz CT molecular complexity index is 1060. The Morgan fingerprint density at radius 2 is 2.07 bits per heavy atom. The van der Waals surface area contributed by atoms with Gasteiger partial charge in [-0.2, -0.15) is 5.10 Å². The Labute approximate surface area is 164 Å². The third kappa shape index (κ3) is 4.36. The zero-order chi connectivity index (χ0) is 20.1. The van der Waals surface area contributed by atoms with E-state index in [0.29, 0.717) is 16.5 Å². The van der Waals surface area contributed by atoms with E-state index in [9.17, 15) is 14.9 Å². The lowest BCUT2D eigenvalue weighted by Gasteiger charge is -2.06. The monoisotopic (exact) mass is 399 g/mol. The largest absolute Gasteiger partial charge is 0.496 e. The number of ether oxygens (including phenoxy) is 1. The van der Waals surface area contributed by atoms with Crippen LogP contribution in [0.15, 0.2) is 64.1 Å². The number of carbonyl (C=O) groups excluding carboxylic acids is 1. The molecule has 0 bridgehead atoms. The number of nitrogens with zero attached hydrogens (tertiary/aromatic N) is 2. The topological polar surface area (TPSA) is 107 Å². The normalized spacial score (nSPS) is 10.8. The fourth-order valence-corrected chi connectivity index (χ4v) is 2.61. The SMILES string of the molecule is COc1ccc([N+](=O)[O-])cc1C(=O)N/N=C\c1ccc(-c2cccc(Cl)c2)o1. The minimum Gasteiger partial charge on any atom is -0.496 e. The molecule has 0 aliphatic heterocycles. The molecule has 8 nitrogen and oxygen atoms in total. The molecular weight excluding hydrogens is 386 g/mol. The number of halogens is 1. The molecule has 1 aromatic heterocycles. The smallest absolute Gasteiger partial charge is 0.275 e. The summed E-state index contributed by atoms with van der Waals surface area (Å²) in [5.74, 6) is 0.537. The second-order valence-corrected chi connectivity index (χ2v) is 5.99. The quantitative estimate of drug-likeness (QED) is 0.378. The molecular formula is C19H14ClN3O5. The second-order valence-electron chi connectivity index (χ2n) is 5.55. The van der Waals surface area contributed by atoms with Gasteiger partial charge in [0, 0.05) is 22.7 Å². The first-order valence-electron chi connectivity index (χ1n) is 7.99. The van der Waals surface area contributed by atoms with Crippen molar-refractivity contribution >= 4 is 29.4 Å². The lowest BCUT2D eigenvalue weighted by Crippen LogP contribution is -2.18. The highest BCUT2D eigenvalue weighted by Gasteiger charge is 2.17. The number of benzene rings is 2. The number of furan rings is 1. The van der Waals surface area contributed by atoms with Crippen LogP contribution >= 0.6 is 11.6 Å². The van der Waals surface area contributed by atoms with Crippen LogP contribution in [-0.2, 0) is 0 Å². The summed E-state index contributed by atoms with van der Waals surface area (Å²) in [6.45, 7) is 0. The maximum Gasteiger partial charge on any atom is 0.275 e. The predicted octanol–water partition coefficient (Wildman–Crippen LogP) is 4.28. The van der Waals surface area contributed by atoms with E-state index in [1.165, 1.54) is 25.5 Å². The van der Waals surface area contributed by atoms with Gasteiger partial charge in [0.2, 0.25) is 0 Å². The number of nitrogens with one attached hydrogen (secondary N) is 1. The standard InChI is InChI=1S/C19H14ClN3O5/c1-27-18-7-5-14(23(25)26)10-16(18)19(24)22-21-11-15-6-8-17(28-15)12-3-2-4-13(20)9-12/h2-11H,1H3,(H,22,24)/b21-11-. The first-order valence-corrected chi connectivity index (χ1v) is 8.37. The molecule has 1 heterocycles. The second kappa shape index (κ2) is 8.36. The van der Waals surface area contributed by atoms with E-state index in [-0.39, 0.29) is 17.0 Å². The minimum absolute atomic E-state index is 0.00656. The molecule has 0 atom stereocenters.